The number of benzene rings is 2. The lowest BCUT2D eigenvalue weighted by atomic mass is 10.1. The number of carbonyl (C=O) groups excluding carboxylic acids is 2. The summed E-state index contributed by atoms with van der Waals surface area (Å²) in [5.41, 5.74) is 2.92. The van der Waals surface area contributed by atoms with E-state index in [-0.39, 0.29) is 0 Å². The van der Waals surface area contributed by atoms with Crippen LogP contribution in [0.25, 0.3) is 0 Å². The molecule has 0 heterocycles. The smallest absolute Gasteiger partial charge is 0.313 e. The Bertz CT molecular complexity index is 682. The van der Waals surface area contributed by atoms with Crippen LogP contribution >= 0.6 is 0 Å². The van der Waals surface area contributed by atoms with Gasteiger partial charge in [-0.1, -0.05) is 30.3 Å². The molecule has 2 rings (SSSR count). The van der Waals surface area contributed by atoms with Gasteiger partial charge in [0.15, 0.2) is 0 Å². The number of carbonyl (C=O) groups is 2. The van der Waals surface area contributed by atoms with Gasteiger partial charge in [-0.3, -0.25) is 9.59 Å². The Morgan fingerprint density at radius 3 is 2.20 bits per heavy atom. The second-order valence-corrected chi connectivity index (χ2v) is 6.09. The molecule has 0 unspecified atom stereocenters. The van der Waals surface area contributed by atoms with Crippen molar-refractivity contribution in [2.24, 2.45) is 0 Å². The standard InChI is InChI=1S/C20H25N3O2/c1-23(2)18-13-11-17(12-14-18)22-20(25)19(24)21-15-7-6-10-16-8-4-3-5-9-16/h3-5,8-9,11-14H,6-7,10,15H2,1-2H3,(H,21,24)(H,22,25). The molecule has 0 atom stereocenters. The minimum absolute atomic E-state index is 0.499. The van der Waals surface area contributed by atoms with E-state index >= 15 is 0 Å². The van der Waals surface area contributed by atoms with Crippen molar-refractivity contribution in [2.75, 3.05) is 30.9 Å². The highest BCUT2D eigenvalue weighted by molar-refractivity contribution is 6.39. The highest BCUT2D eigenvalue weighted by Gasteiger charge is 2.12. The van der Waals surface area contributed by atoms with Crippen LogP contribution in [0.2, 0.25) is 0 Å². The van der Waals surface area contributed by atoms with Crippen molar-refractivity contribution in [1.29, 1.82) is 0 Å². The summed E-state index contributed by atoms with van der Waals surface area (Å²) >= 11 is 0. The number of hydrogen-bond acceptors (Lipinski definition) is 3. The van der Waals surface area contributed by atoms with Crippen LogP contribution in [0.1, 0.15) is 18.4 Å². The molecule has 0 aliphatic carbocycles. The molecule has 0 aromatic heterocycles. The maximum absolute atomic E-state index is 11.9. The van der Waals surface area contributed by atoms with E-state index in [1.807, 2.05) is 49.3 Å². The number of nitrogens with zero attached hydrogens (tertiary/aromatic N) is 1. The summed E-state index contributed by atoms with van der Waals surface area (Å²) in [7, 11) is 3.89. The maximum Gasteiger partial charge on any atom is 0.313 e. The number of rotatable bonds is 7. The summed E-state index contributed by atoms with van der Waals surface area (Å²) in [6, 6.07) is 17.5. The van der Waals surface area contributed by atoms with E-state index in [0.717, 1.165) is 24.9 Å². The lowest BCUT2D eigenvalue weighted by Crippen LogP contribution is -2.35. The van der Waals surface area contributed by atoms with E-state index in [1.165, 1.54) is 5.56 Å². The molecule has 5 nitrogen and oxygen atoms in total. The summed E-state index contributed by atoms with van der Waals surface area (Å²) in [5, 5.41) is 5.26. The zero-order valence-electron chi connectivity index (χ0n) is 14.8. The molecular weight excluding hydrogens is 314 g/mol. The Kier molecular flexibility index (Phi) is 7.01. The lowest BCUT2D eigenvalue weighted by molar-refractivity contribution is -0.136. The van der Waals surface area contributed by atoms with Gasteiger partial charge in [0.2, 0.25) is 0 Å². The second kappa shape index (κ2) is 9.47. The van der Waals surface area contributed by atoms with Gasteiger partial charge in [-0.2, -0.15) is 0 Å². The maximum atomic E-state index is 11.9. The first-order chi connectivity index (χ1) is 12.1. The monoisotopic (exact) mass is 339 g/mol. The first kappa shape index (κ1) is 18.5. The van der Waals surface area contributed by atoms with Gasteiger partial charge < -0.3 is 15.5 Å². The van der Waals surface area contributed by atoms with Gasteiger partial charge in [0.25, 0.3) is 0 Å². The zero-order chi connectivity index (χ0) is 18.1. The number of aryl methyl sites for hydroxylation is 1. The highest BCUT2D eigenvalue weighted by Crippen LogP contribution is 2.15. The highest BCUT2D eigenvalue weighted by atomic mass is 16.2. The minimum atomic E-state index is -0.638. The van der Waals surface area contributed by atoms with Gasteiger partial charge in [-0.15, -0.1) is 0 Å². The Hall–Kier alpha value is -2.82. The fourth-order valence-electron chi connectivity index (χ4n) is 2.41. The molecule has 132 valence electrons. The lowest BCUT2D eigenvalue weighted by Gasteiger charge is -2.13. The van der Waals surface area contributed by atoms with Crippen molar-refractivity contribution in [2.45, 2.75) is 19.3 Å². The van der Waals surface area contributed by atoms with Crippen LogP contribution in [0.5, 0.6) is 0 Å². The van der Waals surface area contributed by atoms with Crippen LogP contribution in [0, 0.1) is 0 Å². The number of unbranched alkanes of at least 4 members (excludes halogenated alkanes) is 1. The van der Waals surface area contributed by atoms with Gasteiger partial charge >= 0.3 is 11.8 Å². The number of hydrogen-bond donors (Lipinski definition) is 2. The Morgan fingerprint density at radius 2 is 1.56 bits per heavy atom. The average Bonchev–Trinajstić information content (AvgIpc) is 2.62. The van der Waals surface area contributed by atoms with Crippen LogP contribution in [0.3, 0.4) is 0 Å². The molecular formula is C20H25N3O2. The molecule has 0 aliphatic rings. The second-order valence-electron chi connectivity index (χ2n) is 6.09. The summed E-state index contributed by atoms with van der Waals surface area (Å²) in [6.07, 6.45) is 2.78. The fourth-order valence-corrected chi connectivity index (χ4v) is 2.41. The summed E-state index contributed by atoms with van der Waals surface area (Å²) in [5.74, 6) is -1.24. The normalized spacial score (nSPS) is 10.2. The minimum Gasteiger partial charge on any atom is -0.378 e. The molecule has 0 radical (unpaired) electrons. The topological polar surface area (TPSA) is 61.4 Å². The predicted octanol–water partition coefficient (Wildman–Crippen LogP) is 2.83. The molecule has 0 saturated carbocycles. The van der Waals surface area contributed by atoms with Crippen molar-refractivity contribution >= 4 is 23.2 Å². The van der Waals surface area contributed by atoms with E-state index in [1.54, 1.807) is 12.1 Å². The van der Waals surface area contributed by atoms with Crippen LogP contribution in [-0.2, 0) is 16.0 Å². The number of amides is 2. The number of nitrogens with one attached hydrogen (secondary N) is 2. The molecule has 2 amide bonds. The van der Waals surface area contributed by atoms with E-state index in [0.29, 0.717) is 12.2 Å². The van der Waals surface area contributed by atoms with Gasteiger partial charge in [0, 0.05) is 32.0 Å². The molecule has 0 spiro atoms. The third-order valence-corrected chi connectivity index (χ3v) is 3.87. The zero-order valence-corrected chi connectivity index (χ0v) is 14.8. The molecule has 0 bridgehead atoms. The molecule has 0 saturated heterocycles. The van der Waals surface area contributed by atoms with E-state index in [2.05, 4.69) is 22.8 Å². The van der Waals surface area contributed by atoms with Crippen molar-refractivity contribution in [1.82, 2.24) is 5.32 Å². The van der Waals surface area contributed by atoms with E-state index < -0.39 is 11.8 Å². The third kappa shape index (κ3) is 6.30. The van der Waals surface area contributed by atoms with Crippen molar-refractivity contribution in [3.05, 3.63) is 60.2 Å². The summed E-state index contributed by atoms with van der Waals surface area (Å²) in [4.78, 5) is 25.7. The summed E-state index contributed by atoms with van der Waals surface area (Å²) < 4.78 is 0. The molecule has 0 fully saturated rings. The van der Waals surface area contributed by atoms with Gasteiger partial charge in [-0.25, -0.2) is 0 Å². The van der Waals surface area contributed by atoms with Crippen molar-refractivity contribution < 1.29 is 9.59 Å². The molecule has 5 heteroatoms. The average molecular weight is 339 g/mol. The quantitative estimate of drug-likeness (QED) is 0.602. The van der Waals surface area contributed by atoms with Gasteiger partial charge in [0.1, 0.15) is 0 Å². The van der Waals surface area contributed by atoms with E-state index in [9.17, 15) is 9.59 Å². The Morgan fingerprint density at radius 1 is 0.880 bits per heavy atom. The third-order valence-electron chi connectivity index (χ3n) is 3.87. The van der Waals surface area contributed by atoms with Crippen molar-refractivity contribution in [3.8, 4) is 0 Å². The SMILES string of the molecule is CN(C)c1ccc(NC(=O)C(=O)NCCCCc2ccccc2)cc1. The van der Waals surface area contributed by atoms with Gasteiger partial charge in [0.05, 0.1) is 0 Å². The van der Waals surface area contributed by atoms with Gasteiger partial charge in [-0.05, 0) is 49.1 Å². The largest absolute Gasteiger partial charge is 0.378 e. The molecule has 2 N–H and O–H groups in total. The van der Waals surface area contributed by atoms with Crippen LogP contribution in [0.15, 0.2) is 54.6 Å². The first-order valence-electron chi connectivity index (χ1n) is 8.47. The Labute approximate surface area is 149 Å². The molecule has 0 aliphatic heterocycles. The molecule has 25 heavy (non-hydrogen) atoms. The predicted molar refractivity (Wildman–Crippen MR) is 102 cm³/mol. The van der Waals surface area contributed by atoms with Crippen LogP contribution in [-0.4, -0.2) is 32.5 Å². The molecule has 2 aromatic carbocycles. The van der Waals surface area contributed by atoms with Crippen molar-refractivity contribution in [3.63, 3.8) is 0 Å². The van der Waals surface area contributed by atoms with Crippen LogP contribution < -0.4 is 15.5 Å². The van der Waals surface area contributed by atoms with Crippen LogP contribution in [0.4, 0.5) is 11.4 Å². The fraction of sp³-hybridized carbons (Fsp3) is 0.300. The number of anilines is 2. The summed E-state index contributed by atoms with van der Waals surface area (Å²) in [6.45, 7) is 0.499. The molecule has 2 aromatic rings. The Balaban J connectivity index is 1.67. The van der Waals surface area contributed by atoms with E-state index in [4.69, 9.17) is 0 Å². The first-order valence-corrected chi connectivity index (χ1v) is 8.47.